The molecule has 0 aromatic heterocycles. The Balaban J connectivity index is 1.99. The van der Waals surface area contributed by atoms with Crippen molar-refractivity contribution in [3.63, 3.8) is 0 Å². The topological polar surface area (TPSA) is 69.6 Å². The molecular weight excluding hydrogens is 256 g/mol. The summed E-state index contributed by atoms with van der Waals surface area (Å²) in [6.45, 7) is 2.71. The van der Waals surface area contributed by atoms with Crippen LogP contribution in [0, 0.1) is 5.92 Å². The molecule has 1 fully saturated rings. The molecule has 5 nitrogen and oxygen atoms in total. The lowest BCUT2D eigenvalue weighted by Gasteiger charge is -2.19. The molecule has 2 N–H and O–H groups in total. The van der Waals surface area contributed by atoms with Gasteiger partial charge in [0.15, 0.2) is 0 Å². The minimum Gasteiger partial charge on any atom is -0.395 e. The van der Waals surface area contributed by atoms with Gasteiger partial charge in [0.2, 0.25) is 5.91 Å². The van der Waals surface area contributed by atoms with Crippen molar-refractivity contribution in [2.24, 2.45) is 5.92 Å². The molecule has 0 bridgehead atoms. The van der Waals surface area contributed by atoms with Gasteiger partial charge in [-0.1, -0.05) is 0 Å². The zero-order chi connectivity index (χ0) is 14.5. The number of rotatable bonds is 6. The van der Waals surface area contributed by atoms with E-state index < -0.39 is 0 Å². The van der Waals surface area contributed by atoms with Crippen LogP contribution in [-0.4, -0.2) is 41.5 Å². The average molecular weight is 276 g/mol. The second-order valence-corrected chi connectivity index (χ2v) is 4.95. The van der Waals surface area contributed by atoms with Crippen LogP contribution in [0.4, 0.5) is 5.69 Å². The maximum absolute atomic E-state index is 12.1. The lowest BCUT2D eigenvalue weighted by molar-refractivity contribution is -0.117. The molecule has 0 aliphatic heterocycles. The standard InChI is InChI=1S/C15H20N2O3/c1-2-17(9-10-18)15(20)12-5-7-13(8-6-12)16-14(19)11-3-4-11/h5-8,11,18H,2-4,9-10H2,1H3,(H,16,19). The minimum absolute atomic E-state index is 0.0465. The molecular formula is C15H20N2O3. The van der Waals surface area contributed by atoms with Crippen LogP contribution in [0.5, 0.6) is 0 Å². The Morgan fingerprint density at radius 2 is 1.95 bits per heavy atom. The van der Waals surface area contributed by atoms with Gasteiger partial charge in [0, 0.05) is 30.3 Å². The van der Waals surface area contributed by atoms with Gasteiger partial charge in [0.05, 0.1) is 6.61 Å². The largest absolute Gasteiger partial charge is 0.395 e. The van der Waals surface area contributed by atoms with Crippen molar-refractivity contribution in [3.8, 4) is 0 Å². The van der Waals surface area contributed by atoms with Crippen molar-refractivity contribution >= 4 is 17.5 Å². The first kappa shape index (κ1) is 14.5. The SMILES string of the molecule is CCN(CCO)C(=O)c1ccc(NC(=O)C2CC2)cc1. The molecule has 1 aromatic rings. The third-order valence-electron chi connectivity index (χ3n) is 3.39. The van der Waals surface area contributed by atoms with Crippen LogP contribution in [0.1, 0.15) is 30.1 Å². The first-order valence-corrected chi connectivity index (χ1v) is 6.96. The van der Waals surface area contributed by atoms with Crippen molar-refractivity contribution in [2.75, 3.05) is 25.0 Å². The third-order valence-corrected chi connectivity index (χ3v) is 3.39. The molecule has 1 aromatic carbocycles. The van der Waals surface area contributed by atoms with E-state index in [1.807, 2.05) is 6.92 Å². The molecule has 0 atom stereocenters. The van der Waals surface area contributed by atoms with E-state index in [0.29, 0.717) is 24.3 Å². The normalized spacial score (nSPS) is 13.9. The number of aliphatic hydroxyl groups is 1. The fourth-order valence-electron chi connectivity index (χ4n) is 1.99. The quantitative estimate of drug-likeness (QED) is 0.827. The van der Waals surface area contributed by atoms with E-state index in [1.54, 1.807) is 29.2 Å². The van der Waals surface area contributed by atoms with Crippen molar-refractivity contribution in [2.45, 2.75) is 19.8 Å². The second-order valence-electron chi connectivity index (χ2n) is 4.95. The lowest BCUT2D eigenvalue weighted by atomic mass is 10.1. The highest BCUT2D eigenvalue weighted by Crippen LogP contribution is 2.30. The van der Waals surface area contributed by atoms with Gasteiger partial charge in [-0.15, -0.1) is 0 Å². The Morgan fingerprint density at radius 1 is 1.30 bits per heavy atom. The van der Waals surface area contributed by atoms with Gasteiger partial charge in [-0.05, 0) is 44.0 Å². The van der Waals surface area contributed by atoms with E-state index >= 15 is 0 Å². The number of amides is 2. The molecule has 2 amide bonds. The van der Waals surface area contributed by atoms with Gasteiger partial charge in [0.1, 0.15) is 0 Å². The monoisotopic (exact) mass is 276 g/mol. The summed E-state index contributed by atoms with van der Waals surface area (Å²) < 4.78 is 0. The summed E-state index contributed by atoms with van der Waals surface area (Å²) in [5.41, 5.74) is 1.27. The predicted molar refractivity (Wildman–Crippen MR) is 76.5 cm³/mol. The maximum Gasteiger partial charge on any atom is 0.253 e. The van der Waals surface area contributed by atoms with Crippen molar-refractivity contribution < 1.29 is 14.7 Å². The van der Waals surface area contributed by atoms with E-state index in [0.717, 1.165) is 12.8 Å². The number of hydrogen-bond donors (Lipinski definition) is 2. The fourth-order valence-corrected chi connectivity index (χ4v) is 1.99. The number of hydrogen-bond acceptors (Lipinski definition) is 3. The molecule has 0 heterocycles. The zero-order valence-electron chi connectivity index (χ0n) is 11.6. The maximum atomic E-state index is 12.1. The number of carbonyl (C=O) groups is 2. The van der Waals surface area contributed by atoms with Crippen molar-refractivity contribution in [1.29, 1.82) is 0 Å². The molecule has 20 heavy (non-hydrogen) atoms. The first-order valence-electron chi connectivity index (χ1n) is 6.96. The van der Waals surface area contributed by atoms with Gasteiger partial charge in [-0.3, -0.25) is 9.59 Å². The van der Waals surface area contributed by atoms with Gasteiger partial charge >= 0.3 is 0 Å². The number of benzene rings is 1. The third kappa shape index (κ3) is 3.57. The molecule has 1 aliphatic rings. The van der Waals surface area contributed by atoms with Crippen LogP contribution in [0.25, 0.3) is 0 Å². The summed E-state index contributed by atoms with van der Waals surface area (Å²) in [4.78, 5) is 25.3. The Kier molecular flexibility index (Phi) is 4.74. The minimum atomic E-state index is -0.110. The van der Waals surface area contributed by atoms with Crippen molar-refractivity contribution in [3.05, 3.63) is 29.8 Å². The van der Waals surface area contributed by atoms with Gasteiger partial charge in [0.25, 0.3) is 5.91 Å². The smallest absolute Gasteiger partial charge is 0.253 e. The summed E-state index contributed by atoms with van der Waals surface area (Å²) in [5, 5.41) is 11.8. The van der Waals surface area contributed by atoms with E-state index in [9.17, 15) is 9.59 Å². The van der Waals surface area contributed by atoms with Crippen LogP contribution in [0.15, 0.2) is 24.3 Å². The molecule has 1 aliphatic carbocycles. The van der Waals surface area contributed by atoms with Crippen LogP contribution in [0.3, 0.4) is 0 Å². The average Bonchev–Trinajstić information content (AvgIpc) is 3.29. The molecule has 2 rings (SSSR count). The highest BCUT2D eigenvalue weighted by molar-refractivity contribution is 5.96. The Labute approximate surface area is 118 Å². The molecule has 108 valence electrons. The molecule has 0 radical (unpaired) electrons. The molecule has 5 heteroatoms. The number of likely N-dealkylation sites (N-methyl/N-ethyl adjacent to an activating group) is 1. The van der Waals surface area contributed by atoms with Crippen LogP contribution in [-0.2, 0) is 4.79 Å². The van der Waals surface area contributed by atoms with E-state index in [-0.39, 0.29) is 24.3 Å². The van der Waals surface area contributed by atoms with Gasteiger partial charge in [-0.25, -0.2) is 0 Å². The summed E-state index contributed by atoms with van der Waals surface area (Å²) in [6, 6.07) is 6.87. The number of carbonyl (C=O) groups excluding carboxylic acids is 2. The number of aliphatic hydroxyl groups excluding tert-OH is 1. The Bertz CT molecular complexity index is 480. The fraction of sp³-hybridized carbons (Fsp3) is 0.467. The van der Waals surface area contributed by atoms with Crippen LogP contribution >= 0.6 is 0 Å². The summed E-state index contributed by atoms with van der Waals surface area (Å²) >= 11 is 0. The Morgan fingerprint density at radius 3 is 2.45 bits per heavy atom. The molecule has 0 spiro atoms. The lowest BCUT2D eigenvalue weighted by Crippen LogP contribution is -2.33. The number of anilines is 1. The highest BCUT2D eigenvalue weighted by atomic mass is 16.3. The van der Waals surface area contributed by atoms with Gasteiger partial charge < -0.3 is 15.3 Å². The Hall–Kier alpha value is -1.88. The number of nitrogens with one attached hydrogen (secondary N) is 1. The zero-order valence-corrected chi connectivity index (χ0v) is 11.6. The van der Waals surface area contributed by atoms with E-state index in [2.05, 4.69) is 5.32 Å². The first-order chi connectivity index (χ1) is 9.65. The van der Waals surface area contributed by atoms with E-state index in [4.69, 9.17) is 5.11 Å². The van der Waals surface area contributed by atoms with Gasteiger partial charge in [-0.2, -0.15) is 0 Å². The summed E-state index contributed by atoms with van der Waals surface area (Å²) in [6.07, 6.45) is 1.93. The molecule has 0 saturated heterocycles. The summed E-state index contributed by atoms with van der Waals surface area (Å²) in [5.74, 6) is 0.109. The second kappa shape index (κ2) is 6.52. The highest BCUT2D eigenvalue weighted by Gasteiger charge is 2.29. The van der Waals surface area contributed by atoms with E-state index in [1.165, 1.54) is 0 Å². The summed E-state index contributed by atoms with van der Waals surface area (Å²) in [7, 11) is 0. The number of nitrogens with zero attached hydrogens (tertiary/aromatic N) is 1. The van der Waals surface area contributed by atoms with Crippen LogP contribution in [0.2, 0.25) is 0 Å². The van der Waals surface area contributed by atoms with Crippen LogP contribution < -0.4 is 5.32 Å². The molecule has 1 saturated carbocycles. The molecule has 0 unspecified atom stereocenters. The van der Waals surface area contributed by atoms with Crippen molar-refractivity contribution in [1.82, 2.24) is 4.90 Å². The predicted octanol–water partition coefficient (Wildman–Crippen LogP) is 1.49.